The molecule has 1 heterocycles. The molecule has 2 nitrogen and oxygen atoms in total. The van der Waals surface area contributed by atoms with Gasteiger partial charge in [-0.25, -0.2) is 0 Å². The van der Waals surface area contributed by atoms with Crippen molar-refractivity contribution in [2.24, 2.45) is 0 Å². The molecule has 2 aliphatic carbocycles. The summed E-state index contributed by atoms with van der Waals surface area (Å²) in [5.41, 5.74) is 12.5. The third kappa shape index (κ3) is 4.27. The minimum atomic E-state index is -0.570. The molecule has 0 N–H and O–H groups in total. The van der Waals surface area contributed by atoms with E-state index in [9.17, 15) is 0 Å². The van der Waals surface area contributed by atoms with Gasteiger partial charge in [-0.3, -0.25) is 0 Å². The molecule has 49 heavy (non-hydrogen) atoms. The molecule has 0 saturated heterocycles. The second-order valence-electron chi connectivity index (χ2n) is 15.0. The van der Waals surface area contributed by atoms with Gasteiger partial charge in [-0.2, -0.15) is 0 Å². The van der Waals surface area contributed by atoms with Crippen LogP contribution in [0.2, 0.25) is 10.0 Å². The molecule has 0 fully saturated rings. The van der Waals surface area contributed by atoms with Crippen molar-refractivity contribution in [2.75, 3.05) is 4.90 Å². The van der Waals surface area contributed by atoms with Gasteiger partial charge in [0.25, 0.3) is 0 Å². The maximum Gasteiger partial charge on any atom is 0.132 e. The molecule has 0 unspecified atom stereocenters. The van der Waals surface area contributed by atoms with Crippen LogP contribution >= 0.6 is 23.2 Å². The Hall–Kier alpha value is -4.50. The molecule has 0 bridgehead atoms. The van der Waals surface area contributed by atoms with E-state index in [1.165, 1.54) is 33.4 Å². The van der Waals surface area contributed by atoms with Gasteiger partial charge in [0.1, 0.15) is 11.5 Å². The van der Waals surface area contributed by atoms with Crippen molar-refractivity contribution in [1.29, 1.82) is 0 Å². The molecular weight excluding hydrogens is 641 g/mol. The summed E-state index contributed by atoms with van der Waals surface area (Å²) < 4.78 is 6.59. The average molecular weight is 679 g/mol. The van der Waals surface area contributed by atoms with E-state index in [0.29, 0.717) is 10.0 Å². The Balaban J connectivity index is 1.38. The normalized spacial score (nSPS) is 16.9. The average Bonchev–Trinajstić information content (AvgIpc) is 3.40. The molecule has 0 amide bonds. The van der Waals surface area contributed by atoms with Gasteiger partial charge in [-0.05, 0) is 94.0 Å². The zero-order valence-electron chi connectivity index (χ0n) is 28.1. The number of halogens is 2. The Labute approximate surface area is 298 Å². The first-order valence-corrected chi connectivity index (χ1v) is 17.9. The lowest BCUT2D eigenvalue weighted by atomic mass is 9.63. The third-order valence-electron chi connectivity index (χ3n) is 11.4. The minimum absolute atomic E-state index is 0.0372. The molecule has 0 saturated carbocycles. The number of anilines is 3. The highest BCUT2D eigenvalue weighted by atomic mass is 35.5. The standard InChI is InChI=1S/C45H37Cl2NO/c1-43(2)25-26-44(3,4)35-27-28(23-24-31(35)43)48(38-20-12-18-36(46)42(38)47)37-19-11-17-34-41(37)29-13-5-6-14-30(29)45(34)32-15-7-9-21-39(32)49-40-22-10-8-16-33(40)45/h5-24,27H,25-26H2,1-4H3. The summed E-state index contributed by atoms with van der Waals surface area (Å²) in [7, 11) is 0. The number of hydrogen-bond acceptors (Lipinski definition) is 2. The van der Waals surface area contributed by atoms with Crippen LogP contribution in [0.25, 0.3) is 11.1 Å². The summed E-state index contributed by atoms with van der Waals surface area (Å²) in [6, 6.07) is 45.5. The summed E-state index contributed by atoms with van der Waals surface area (Å²) in [5.74, 6) is 1.76. The predicted octanol–water partition coefficient (Wildman–Crippen LogP) is 13.3. The monoisotopic (exact) mass is 677 g/mol. The van der Waals surface area contributed by atoms with Crippen molar-refractivity contribution in [3.05, 3.63) is 171 Å². The highest BCUT2D eigenvalue weighted by Crippen LogP contribution is 2.64. The minimum Gasteiger partial charge on any atom is -0.457 e. The number of ether oxygens (including phenoxy) is 1. The van der Waals surface area contributed by atoms with E-state index in [2.05, 4.69) is 148 Å². The largest absolute Gasteiger partial charge is 0.457 e. The van der Waals surface area contributed by atoms with E-state index in [0.717, 1.165) is 52.5 Å². The predicted molar refractivity (Wildman–Crippen MR) is 204 cm³/mol. The Morgan fingerprint density at radius 1 is 0.531 bits per heavy atom. The molecule has 4 heteroatoms. The molecule has 6 aromatic carbocycles. The van der Waals surface area contributed by atoms with E-state index in [1.807, 2.05) is 12.1 Å². The number of fused-ring (bicyclic) bond motifs is 10. The number of hydrogen-bond donors (Lipinski definition) is 0. The summed E-state index contributed by atoms with van der Waals surface area (Å²) in [5, 5.41) is 1.06. The van der Waals surface area contributed by atoms with Crippen LogP contribution in [0.1, 0.15) is 73.9 Å². The third-order valence-corrected chi connectivity index (χ3v) is 12.2. The van der Waals surface area contributed by atoms with Crippen LogP contribution in [0.3, 0.4) is 0 Å². The molecule has 0 atom stereocenters. The van der Waals surface area contributed by atoms with Gasteiger partial charge in [-0.1, -0.05) is 136 Å². The van der Waals surface area contributed by atoms with Crippen LogP contribution in [-0.4, -0.2) is 0 Å². The smallest absolute Gasteiger partial charge is 0.132 e. The van der Waals surface area contributed by atoms with E-state index >= 15 is 0 Å². The van der Waals surface area contributed by atoms with Gasteiger partial charge in [0.05, 0.1) is 26.8 Å². The summed E-state index contributed by atoms with van der Waals surface area (Å²) >= 11 is 14.0. The molecule has 1 aliphatic heterocycles. The zero-order chi connectivity index (χ0) is 33.7. The van der Waals surface area contributed by atoms with Gasteiger partial charge < -0.3 is 9.64 Å². The molecular formula is C45H37Cl2NO. The fraction of sp³-hybridized carbons (Fsp3) is 0.200. The van der Waals surface area contributed by atoms with Gasteiger partial charge in [0.2, 0.25) is 0 Å². The number of nitrogens with zero attached hydrogens (tertiary/aromatic N) is 1. The van der Waals surface area contributed by atoms with Gasteiger partial charge in [0.15, 0.2) is 0 Å². The Kier molecular flexibility index (Phi) is 6.70. The van der Waals surface area contributed by atoms with Crippen LogP contribution in [0.4, 0.5) is 17.1 Å². The fourth-order valence-electron chi connectivity index (χ4n) is 8.86. The first kappa shape index (κ1) is 30.6. The quantitative estimate of drug-likeness (QED) is 0.184. The summed E-state index contributed by atoms with van der Waals surface area (Å²) in [6.45, 7) is 9.50. The van der Waals surface area contributed by atoms with Crippen molar-refractivity contribution >= 4 is 40.3 Å². The molecule has 0 radical (unpaired) electrons. The lowest BCUT2D eigenvalue weighted by Gasteiger charge is -2.42. The highest BCUT2D eigenvalue weighted by molar-refractivity contribution is 6.44. The van der Waals surface area contributed by atoms with E-state index < -0.39 is 5.41 Å². The van der Waals surface area contributed by atoms with Gasteiger partial charge in [-0.15, -0.1) is 0 Å². The topological polar surface area (TPSA) is 12.5 Å². The fourth-order valence-corrected chi connectivity index (χ4v) is 9.24. The number of para-hydroxylation sites is 2. The SMILES string of the molecule is CC1(C)CCC(C)(C)c2cc(N(c3cccc(Cl)c3Cl)c3cccc4c3-c3ccccc3C43c4ccccc4Oc4ccccc43)ccc21. The van der Waals surface area contributed by atoms with Gasteiger partial charge >= 0.3 is 0 Å². The Morgan fingerprint density at radius 2 is 1.10 bits per heavy atom. The van der Waals surface area contributed by atoms with Crippen molar-refractivity contribution in [3.63, 3.8) is 0 Å². The zero-order valence-corrected chi connectivity index (χ0v) is 29.7. The first-order valence-electron chi connectivity index (χ1n) is 17.1. The van der Waals surface area contributed by atoms with Gasteiger partial charge in [0, 0.05) is 22.4 Å². The molecule has 9 rings (SSSR count). The summed E-state index contributed by atoms with van der Waals surface area (Å²) in [4.78, 5) is 2.33. The Bertz CT molecular complexity index is 2270. The van der Waals surface area contributed by atoms with Crippen LogP contribution in [-0.2, 0) is 16.2 Å². The number of benzene rings is 6. The lowest BCUT2D eigenvalue weighted by Crippen LogP contribution is -2.34. The molecule has 1 spiro atoms. The molecule has 242 valence electrons. The Morgan fingerprint density at radius 3 is 1.82 bits per heavy atom. The van der Waals surface area contributed by atoms with Crippen molar-refractivity contribution in [1.82, 2.24) is 0 Å². The van der Waals surface area contributed by atoms with Crippen molar-refractivity contribution in [2.45, 2.75) is 56.8 Å². The van der Waals surface area contributed by atoms with Crippen LogP contribution < -0.4 is 9.64 Å². The molecule has 6 aromatic rings. The lowest BCUT2D eigenvalue weighted by molar-refractivity contribution is 0.332. The molecule has 3 aliphatic rings. The maximum atomic E-state index is 7.17. The van der Waals surface area contributed by atoms with Crippen molar-refractivity contribution < 1.29 is 4.74 Å². The van der Waals surface area contributed by atoms with Crippen LogP contribution in [0.15, 0.2) is 127 Å². The number of rotatable bonds is 3. The van der Waals surface area contributed by atoms with E-state index in [4.69, 9.17) is 27.9 Å². The second kappa shape index (κ2) is 10.7. The van der Waals surface area contributed by atoms with E-state index in [1.54, 1.807) is 0 Å². The van der Waals surface area contributed by atoms with Crippen molar-refractivity contribution in [3.8, 4) is 22.6 Å². The summed E-state index contributed by atoms with van der Waals surface area (Å²) in [6.07, 6.45) is 2.29. The molecule has 0 aromatic heterocycles. The highest BCUT2D eigenvalue weighted by Gasteiger charge is 2.52. The second-order valence-corrected chi connectivity index (χ2v) is 15.8. The maximum absolute atomic E-state index is 7.17. The first-order chi connectivity index (χ1) is 23.6. The van der Waals surface area contributed by atoms with E-state index in [-0.39, 0.29) is 10.8 Å². The van der Waals surface area contributed by atoms with Crippen LogP contribution in [0, 0.1) is 0 Å². The van der Waals surface area contributed by atoms with Crippen LogP contribution in [0.5, 0.6) is 11.5 Å².